The Morgan fingerprint density at radius 1 is 1.33 bits per heavy atom. The molecular weight excluding hydrogens is 296 g/mol. The standard InChI is InChI=1S/C14H20N2O4.ClH/c1-9-6-11(18-2)12(19-3)7-10(9)16-14(17)13-8-15-4-5-20-13;/h6-7,13,15H,4-5,8H2,1-3H3,(H,16,17);1H. The highest BCUT2D eigenvalue weighted by molar-refractivity contribution is 5.95. The van der Waals surface area contributed by atoms with Gasteiger partial charge in [-0.2, -0.15) is 0 Å². The minimum atomic E-state index is -0.462. The van der Waals surface area contributed by atoms with Gasteiger partial charge in [0, 0.05) is 24.8 Å². The summed E-state index contributed by atoms with van der Waals surface area (Å²) in [5.41, 5.74) is 1.60. The van der Waals surface area contributed by atoms with Crippen molar-refractivity contribution in [2.24, 2.45) is 0 Å². The first-order valence-corrected chi connectivity index (χ1v) is 6.51. The third-order valence-corrected chi connectivity index (χ3v) is 3.21. The van der Waals surface area contributed by atoms with Crippen LogP contribution in [0.25, 0.3) is 0 Å². The monoisotopic (exact) mass is 316 g/mol. The third-order valence-electron chi connectivity index (χ3n) is 3.21. The molecule has 0 bridgehead atoms. The molecule has 1 saturated heterocycles. The number of amides is 1. The van der Waals surface area contributed by atoms with Crippen LogP contribution in [-0.4, -0.2) is 45.9 Å². The molecule has 2 rings (SSSR count). The maximum absolute atomic E-state index is 12.1. The van der Waals surface area contributed by atoms with Crippen molar-refractivity contribution in [1.29, 1.82) is 0 Å². The second-order valence-electron chi connectivity index (χ2n) is 4.57. The molecule has 0 aliphatic carbocycles. The van der Waals surface area contributed by atoms with Crippen LogP contribution in [0.4, 0.5) is 5.69 Å². The SMILES string of the molecule is COc1cc(C)c(NC(=O)C2CNCCO2)cc1OC.Cl. The molecule has 1 heterocycles. The fraction of sp³-hybridized carbons (Fsp3) is 0.500. The number of hydrogen-bond acceptors (Lipinski definition) is 5. The number of methoxy groups -OCH3 is 2. The van der Waals surface area contributed by atoms with Crippen molar-refractivity contribution in [2.45, 2.75) is 13.0 Å². The van der Waals surface area contributed by atoms with Crippen LogP contribution in [0, 0.1) is 6.92 Å². The van der Waals surface area contributed by atoms with E-state index in [2.05, 4.69) is 10.6 Å². The molecule has 0 radical (unpaired) electrons. The molecule has 1 aromatic rings. The number of ether oxygens (including phenoxy) is 3. The number of nitrogens with one attached hydrogen (secondary N) is 2. The zero-order valence-corrected chi connectivity index (χ0v) is 13.2. The van der Waals surface area contributed by atoms with E-state index >= 15 is 0 Å². The van der Waals surface area contributed by atoms with Gasteiger partial charge in [0.25, 0.3) is 5.91 Å². The highest BCUT2D eigenvalue weighted by Crippen LogP contribution is 2.32. The maximum atomic E-state index is 12.1. The number of aryl methyl sites for hydroxylation is 1. The van der Waals surface area contributed by atoms with Crippen LogP contribution < -0.4 is 20.1 Å². The lowest BCUT2D eigenvalue weighted by molar-refractivity contribution is -0.128. The van der Waals surface area contributed by atoms with Crippen LogP contribution in [0.3, 0.4) is 0 Å². The summed E-state index contributed by atoms with van der Waals surface area (Å²) < 4.78 is 15.9. The van der Waals surface area contributed by atoms with Gasteiger partial charge in [-0.05, 0) is 18.6 Å². The van der Waals surface area contributed by atoms with E-state index in [0.717, 1.165) is 12.1 Å². The van der Waals surface area contributed by atoms with Gasteiger partial charge in [0.1, 0.15) is 6.10 Å². The number of anilines is 1. The Bertz CT molecular complexity index is 490. The molecule has 118 valence electrons. The number of hydrogen-bond donors (Lipinski definition) is 2. The molecular formula is C14H21ClN2O4. The molecule has 1 aliphatic rings. The zero-order valence-electron chi connectivity index (χ0n) is 12.4. The minimum absolute atomic E-state index is 0. The molecule has 21 heavy (non-hydrogen) atoms. The van der Waals surface area contributed by atoms with Gasteiger partial charge in [0.05, 0.1) is 20.8 Å². The van der Waals surface area contributed by atoms with Crippen LogP contribution in [-0.2, 0) is 9.53 Å². The topological polar surface area (TPSA) is 68.8 Å². The van der Waals surface area contributed by atoms with Gasteiger partial charge < -0.3 is 24.8 Å². The lowest BCUT2D eigenvalue weighted by Crippen LogP contribution is -2.45. The van der Waals surface area contributed by atoms with Crippen LogP contribution >= 0.6 is 12.4 Å². The smallest absolute Gasteiger partial charge is 0.254 e. The predicted octanol–water partition coefficient (Wildman–Crippen LogP) is 1.36. The maximum Gasteiger partial charge on any atom is 0.254 e. The Morgan fingerprint density at radius 2 is 2.00 bits per heavy atom. The van der Waals surface area contributed by atoms with Gasteiger partial charge in [-0.1, -0.05) is 0 Å². The summed E-state index contributed by atoms with van der Waals surface area (Å²) in [4.78, 5) is 12.1. The van der Waals surface area contributed by atoms with E-state index in [1.807, 2.05) is 13.0 Å². The van der Waals surface area contributed by atoms with Gasteiger partial charge >= 0.3 is 0 Å². The third kappa shape index (κ3) is 4.23. The normalized spacial score (nSPS) is 17.6. The molecule has 0 saturated carbocycles. The van der Waals surface area contributed by atoms with Crippen molar-refractivity contribution in [3.05, 3.63) is 17.7 Å². The second kappa shape index (κ2) is 8.07. The van der Waals surface area contributed by atoms with Crippen molar-refractivity contribution in [3.8, 4) is 11.5 Å². The summed E-state index contributed by atoms with van der Waals surface area (Å²) in [5.74, 6) is 1.06. The zero-order chi connectivity index (χ0) is 14.5. The Labute approximate surface area is 130 Å². The molecule has 1 aromatic carbocycles. The molecule has 0 aromatic heterocycles. The molecule has 7 heteroatoms. The molecule has 1 unspecified atom stereocenters. The molecule has 1 atom stereocenters. The largest absolute Gasteiger partial charge is 0.493 e. The van der Waals surface area contributed by atoms with Crippen molar-refractivity contribution in [2.75, 3.05) is 39.2 Å². The Kier molecular flexibility index (Phi) is 6.74. The van der Waals surface area contributed by atoms with Crippen LogP contribution in [0.5, 0.6) is 11.5 Å². The van der Waals surface area contributed by atoms with E-state index in [4.69, 9.17) is 14.2 Å². The van der Waals surface area contributed by atoms with Crippen LogP contribution in [0.2, 0.25) is 0 Å². The molecule has 1 aliphatic heterocycles. The summed E-state index contributed by atoms with van der Waals surface area (Å²) in [6.07, 6.45) is -0.462. The summed E-state index contributed by atoms with van der Waals surface area (Å²) in [5, 5.41) is 5.99. The van der Waals surface area contributed by atoms with Crippen molar-refractivity contribution in [1.82, 2.24) is 5.32 Å². The fourth-order valence-electron chi connectivity index (χ4n) is 2.06. The molecule has 6 nitrogen and oxygen atoms in total. The van der Waals surface area contributed by atoms with Gasteiger partial charge in [-0.25, -0.2) is 0 Å². The Hall–Kier alpha value is -1.50. The van der Waals surface area contributed by atoms with Crippen LogP contribution in [0.1, 0.15) is 5.56 Å². The molecule has 0 spiro atoms. The summed E-state index contributed by atoms with van der Waals surface area (Å²) >= 11 is 0. The minimum Gasteiger partial charge on any atom is -0.493 e. The van der Waals surface area contributed by atoms with E-state index in [0.29, 0.717) is 30.3 Å². The summed E-state index contributed by atoms with van der Waals surface area (Å²) in [6.45, 7) is 3.75. The van der Waals surface area contributed by atoms with Crippen molar-refractivity contribution in [3.63, 3.8) is 0 Å². The first kappa shape index (κ1) is 17.6. The molecule has 2 N–H and O–H groups in total. The Balaban J connectivity index is 0.00000220. The lowest BCUT2D eigenvalue weighted by Gasteiger charge is -2.23. The number of rotatable bonds is 4. The van der Waals surface area contributed by atoms with E-state index in [1.165, 1.54) is 0 Å². The average Bonchev–Trinajstić information content (AvgIpc) is 2.49. The fourth-order valence-corrected chi connectivity index (χ4v) is 2.06. The first-order chi connectivity index (χ1) is 9.65. The van der Waals surface area contributed by atoms with Crippen molar-refractivity contribution >= 4 is 24.0 Å². The average molecular weight is 317 g/mol. The van der Waals surface area contributed by atoms with E-state index in [9.17, 15) is 4.79 Å². The lowest BCUT2D eigenvalue weighted by atomic mass is 10.1. The number of carbonyl (C=O) groups is 1. The van der Waals surface area contributed by atoms with E-state index < -0.39 is 6.10 Å². The van der Waals surface area contributed by atoms with Gasteiger partial charge in [-0.3, -0.25) is 4.79 Å². The summed E-state index contributed by atoms with van der Waals surface area (Å²) in [7, 11) is 3.14. The highest BCUT2D eigenvalue weighted by atomic mass is 35.5. The second-order valence-corrected chi connectivity index (χ2v) is 4.57. The molecule has 1 amide bonds. The quantitative estimate of drug-likeness (QED) is 0.878. The van der Waals surface area contributed by atoms with Crippen molar-refractivity contribution < 1.29 is 19.0 Å². The van der Waals surface area contributed by atoms with Gasteiger partial charge in [-0.15, -0.1) is 12.4 Å². The summed E-state index contributed by atoms with van der Waals surface area (Å²) in [6, 6.07) is 3.58. The number of morpholine rings is 1. The number of benzene rings is 1. The number of halogens is 1. The van der Waals surface area contributed by atoms with Gasteiger partial charge in [0.15, 0.2) is 11.5 Å². The Morgan fingerprint density at radius 3 is 2.57 bits per heavy atom. The predicted molar refractivity (Wildman–Crippen MR) is 82.8 cm³/mol. The van der Waals surface area contributed by atoms with Crippen LogP contribution in [0.15, 0.2) is 12.1 Å². The molecule has 1 fully saturated rings. The van der Waals surface area contributed by atoms with Gasteiger partial charge in [0.2, 0.25) is 0 Å². The number of carbonyl (C=O) groups excluding carboxylic acids is 1. The first-order valence-electron chi connectivity index (χ1n) is 6.51. The van der Waals surface area contributed by atoms with E-state index in [-0.39, 0.29) is 18.3 Å². The highest BCUT2D eigenvalue weighted by Gasteiger charge is 2.22. The van der Waals surface area contributed by atoms with E-state index in [1.54, 1.807) is 20.3 Å².